The van der Waals surface area contributed by atoms with Crippen molar-refractivity contribution in [2.24, 2.45) is 0 Å². The molecule has 0 fully saturated rings. The quantitative estimate of drug-likeness (QED) is 0.653. The highest BCUT2D eigenvalue weighted by molar-refractivity contribution is 7.92. The molecule has 0 saturated carbocycles. The number of amides is 2. The highest BCUT2D eigenvalue weighted by Crippen LogP contribution is 2.11. The van der Waals surface area contributed by atoms with E-state index in [1.165, 1.54) is 26.4 Å². The van der Waals surface area contributed by atoms with Crippen LogP contribution in [0.3, 0.4) is 0 Å². The van der Waals surface area contributed by atoms with E-state index in [0.717, 1.165) is 0 Å². The van der Waals surface area contributed by atoms with Crippen molar-refractivity contribution < 1.29 is 27.5 Å². The maximum absolute atomic E-state index is 11.8. The van der Waals surface area contributed by atoms with E-state index < -0.39 is 27.4 Å². The topological polar surface area (TPSA) is 111 Å². The summed E-state index contributed by atoms with van der Waals surface area (Å²) >= 11 is 0. The second-order valence-electron chi connectivity index (χ2n) is 4.32. The molecule has 0 atom stereocenters. The van der Waals surface area contributed by atoms with E-state index in [9.17, 15) is 18.0 Å². The van der Waals surface area contributed by atoms with Crippen LogP contribution >= 0.6 is 0 Å². The van der Waals surface area contributed by atoms with Crippen molar-refractivity contribution in [1.29, 1.82) is 0 Å². The van der Waals surface area contributed by atoms with Gasteiger partial charge in [0, 0.05) is 12.7 Å². The van der Waals surface area contributed by atoms with Crippen LogP contribution in [0.15, 0.2) is 24.3 Å². The summed E-state index contributed by atoms with van der Waals surface area (Å²) in [4.78, 5) is 23.3. The molecule has 0 saturated heterocycles. The summed E-state index contributed by atoms with van der Waals surface area (Å²) in [6.07, 6.45) is 0. The fourth-order valence-electron chi connectivity index (χ4n) is 1.48. The lowest BCUT2D eigenvalue weighted by Gasteiger charge is -2.08. The van der Waals surface area contributed by atoms with Gasteiger partial charge in [0.1, 0.15) is 11.5 Å². The molecule has 0 unspecified atom stereocenters. The van der Waals surface area contributed by atoms with Crippen molar-refractivity contribution in [3.05, 3.63) is 29.8 Å². The lowest BCUT2D eigenvalue weighted by Crippen LogP contribution is -2.44. The van der Waals surface area contributed by atoms with Crippen LogP contribution in [-0.2, 0) is 19.4 Å². The van der Waals surface area contributed by atoms with E-state index >= 15 is 0 Å². The van der Waals surface area contributed by atoms with Crippen LogP contribution in [0.1, 0.15) is 10.4 Å². The van der Waals surface area contributed by atoms with E-state index in [1.807, 2.05) is 0 Å². The largest absolute Gasteiger partial charge is 0.497 e. The van der Waals surface area contributed by atoms with Gasteiger partial charge in [-0.1, -0.05) is 6.07 Å². The van der Waals surface area contributed by atoms with Crippen molar-refractivity contribution in [3.8, 4) is 5.75 Å². The zero-order chi connectivity index (χ0) is 16.6. The number of hydrogen-bond donors (Lipinski definition) is 2. The van der Waals surface area contributed by atoms with Gasteiger partial charge in [0.05, 0.1) is 19.5 Å². The molecule has 1 rings (SSSR count). The second-order valence-corrected chi connectivity index (χ2v) is 6.50. The van der Waals surface area contributed by atoms with Crippen molar-refractivity contribution in [2.75, 3.05) is 32.3 Å². The van der Waals surface area contributed by atoms with Gasteiger partial charge in [0.15, 0.2) is 9.84 Å². The predicted octanol–water partition coefficient (Wildman–Crippen LogP) is -0.483. The third-order valence-corrected chi connectivity index (χ3v) is 4.09. The third kappa shape index (κ3) is 6.10. The average molecular weight is 330 g/mol. The van der Waals surface area contributed by atoms with Gasteiger partial charge < -0.3 is 9.47 Å². The molecule has 0 aliphatic heterocycles. The zero-order valence-electron chi connectivity index (χ0n) is 12.3. The van der Waals surface area contributed by atoms with Crippen molar-refractivity contribution >= 4 is 21.7 Å². The summed E-state index contributed by atoms with van der Waals surface area (Å²) in [5.74, 6) is -1.91. The molecule has 0 bridgehead atoms. The Morgan fingerprint density at radius 1 is 1.18 bits per heavy atom. The minimum Gasteiger partial charge on any atom is -0.497 e. The van der Waals surface area contributed by atoms with Crippen molar-refractivity contribution in [3.63, 3.8) is 0 Å². The maximum Gasteiger partial charge on any atom is 0.269 e. The summed E-state index contributed by atoms with van der Waals surface area (Å²) in [5, 5.41) is 0. The molecule has 0 aliphatic rings. The van der Waals surface area contributed by atoms with Crippen LogP contribution in [0.5, 0.6) is 5.75 Å². The smallest absolute Gasteiger partial charge is 0.269 e. The van der Waals surface area contributed by atoms with Gasteiger partial charge in [-0.15, -0.1) is 0 Å². The molecule has 1 aromatic rings. The van der Waals surface area contributed by atoms with Crippen LogP contribution in [0.25, 0.3) is 0 Å². The monoisotopic (exact) mass is 330 g/mol. The van der Waals surface area contributed by atoms with E-state index in [4.69, 9.17) is 4.74 Å². The van der Waals surface area contributed by atoms with Crippen LogP contribution in [-0.4, -0.2) is 52.6 Å². The molecule has 0 heterocycles. The number of carbonyl (C=O) groups excluding carboxylic acids is 2. The highest BCUT2D eigenvalue weighted by atomic mass is 32.2. The minimum absolute atomic E-state index is 0.00574. The Bertz CT molecular complexity index is 629. The molecular weight excluding hydrogens is 312 g/mol. The summed E-state index contributed by atoms with van der Waals surface area (Å²) < 4.78 is 32.7. The van der Waals surface area contributed by atoms with E-state index in [0.29, 0.717) is 5.75 Å². The third-order valence-electron chi connectivity index (χ3n) is 2.60. The Hall–Kier alpha value is -2.13. The molecule has 8 nitrogen and oxygen atoms in total. The highest BCUT2D eigenvalue weighted by Gasteiger charge is 2.17. The number of hydrogen-bond acceptors (Lipinski definition) is 6. The molecule has 1 aromatic carbocycles. The predicted molar refractivity (Wildman–Crippen MR) is 79.1 cm³/mol. The summed E-state index contributed by atoms with van der Waals surface area (Å²) in [7, 11) is -0.748. The fourth-order valence-corrected chi connectivity index (χ4v) is 2.52. The van der Waals surface area contributed by atoms with E-state index in [-0.39, 0.29) is 17.9 Å². The standard InChI is InChI=1S/C13H18N2O6S/c1-20-6-7-22(18,19)9-12(16)14-15-13(17)10-4-3-5-11(8-10)21-2/h3-5,8H,6-7,9H2,1-2H3,(H,14,16)(H,15,17). The van der Waals surface area contributed by atoms with Gasteiger partial charge in [0.25, 0.3) is 11.8 Å². The Labute approximate surface area is 128 Å². The Morgan fingerprint density at radius 3 is 2.55 bits per heavy atom. The number of hydrazine groups is 1. The lowest BCUT2D eigenvalue weighted by atomic mass is 10.2. The number of ether oxygens (including phenoxy) is 2. The van der Waals surface area contributed by atoms with Crippen molar-refractivity contribution in [2.45, 2.75) is 0 Å². The molecule has 0 spiro atoms. The Morgan fingerprint density at radius 2 is 1.91 bits per heavy atom. The zero-order valence-corrected chi connectivity index (χ0v) is 13.1. The molecule has 122 valence electrons. The number of nitrogens with one attached hydrogen (secondary N) is 2. The van der Waals surface area contributed by atoms with E-state index in [2.05, 4.69) is 15.6 Å². The van der Waals surface area contributed by atoms with Gasteiger partial charge in [-0.2, -0.15) is 0 Å². The molecule has 2 amide bonds. The molecule has 0 aromatic heterocycles. The normalized spacial score (nSPS) is 10.8. The van der Waals surface area contributed by atoms with Crippen LogP contribution < -0.4 is 15.6 Å². The first kappa shape index (κ1) is 17.9. The van der Waals surface area contributed by atoms with Crippen LogP contribution in [0.2, 0.25) is 0 Å². The first-order valence-electron chi connectivity index (χ1n) is 6.30. The fraction of sp³-hybridized carbons (Fsp3) is 0.385. The van der Waals surface area contributed by atoms with E-state index in [1.54, 1.807) is 12.1 Å². The number of rotatable bonds is 7. The average Bonchev–Trinajstić information content (AvgIpc) is 2.50. The molecule has 0 aliphatic carbocycles. The van der Waals surface area contributed by atoms with Crippen molar-refractivity contribution in [1.82, 2.24) is 10.9 Å². The molecular formula is C13H18N2O6S. The number of methoxy groups -OCH3 is 2. The number of benzene rings is 1. The first-order chi connectivity index (χ1) is 10.4. The second kappa shape index (κ2) is 8.35. The van der Waals surface area contributed by atoms with Crippen LogP contribution in [0, 0.1) is 0 Å². The Balaban J connectivity index is 2.51. The van der Waals surface area contributed by atoms with Gasteiger partial charge in [0.2, 0.25) is 0 Å². The molecule has 22 heavy (non-hydrogen) atoms. The summed E-state index contributed by atoms with van der Waals surface area (Å²) in [6, 6.07) is 6.29. The van der Waals surface area contributed by atoms with Crippen LogP contribution in [0.4, 0.5) is 0 Å². The van der Waals surface area contributed by atoms with Gasteiger partial charge in [-0.3, -0.25) is 20.4 Å². The minimum atomic E-state index is -3.57. The summed E-state index contributed by atoms with van der Waals surface area (Å²) in [6.45, 7) is 0.00574. The molecule has 2 N–H and O–H groups in total. The van der Waals surface area contributed by atoms with Gasteiger partial charge >= 0.3 is 0 Å². The molecule has 0 radical (unpaired) electrons. The summed E-state index contributed by atoms with van der Waals surface area (Å²) in [5.41, 5.74) is 4.46. The molecule has 9 heteroatoms. The number of carbonyl (C=O) groups is 2. The Kier molecular flexibility index (Phi) is 6.80. The maximum atomic E-state index is 11.8. The van der Waals surface area contributed by atoms with Gasteiger partial charge in [-0.25, -0.2) is 8.42 Å². The SMILES string of the molecule is COCCS(=O)(=O)CC(=O)NNC(=O)c1cccc(OC)c1. The number of sulfone groups is 1. The lowest BCUT2D eigenvalue weighted by molar-refractivity contribution is -0.119. The van der Waals surface area contributed by atoms with Gasteiger partial charge in [-0.05, 0) is 18.2 Å². The first-order valence-corrected chi connectivity index (χ1v) is 8.12.